The summed E-state index contributed by atoms with van der Waals surface area (Å²) in [6.45, 7) is 5.16. The number of pyridine rings is 3. The largest absolute Gasteiger partial charge is 0.361 e. The van der Waals surface area contributed by atoms with E-state index in [0.717, 1.165) is 28.2 Å². The monoisotopic (exact) mass is 449 g/mol. The standard InChI is InChI=1S/C25H23N9/c1-16-5-7-21-29-18(14-33(21)12-16)10-27-24-25(32-23-20(31-24)4-3-9-26-23)28-11-19-15-34-13-17(2)6-8-22(34)30-19/h3-9,12-15H,10-11H2,1-2H3,(H,27,31)(H,26,28,32). The molecule has 9 heteroatoms. The molecule has 2 N–H and O–H groups in total. The Morgan fingerprint density at radius 3 is 1.88 bits per heavy atom. The van der Waals surface area contributed by atoms with Crippen LogP contribution in [0.3, 0.4) is 0 Å². The predicted octanol–water partition coefficient (Wildman–Crippen LogP) is 4.16. The smallest absolute Gasteiger partial charge is 0.180 e. The lowest BCUT2D eigenvalue weighted by Gasteiger charge is -2.12. The molecule has 0 unspecified atom stereocenters. The number of aromatic nitrogens is 7. The van der Waals surface area contributed by atoms with Crippen LogP contribution in [0.5, 0.6) is 0 Å². The summed E-state index contributed by atoms with van der Waals surface area (Å²) in [6.07, 6.45) is 9.90. The minimum absolute atomic E-state index is 0.510. The maximum atomic E-state index is 4.77. The maximum Gasteiger partial charge on any atom is 0.180 e. The predicted molar refractivity (Wildman–Crippen MR) is 132 cm³/mol. The second kappa shape index (κ2) is 8.11. The zero-order valence-electron chi connectivity index (χ0n) is 18.9. The van der Waals surface area contributed by atoms with Crippen LogP contribution in [-0.2, 0) is 13.1 Å². The number of hydrogen-bond acceptors (Lipinski definition) is 7. The minimum Gasteiger partial charge on any atom is -0.361 e. The average molecular weight is 450 g/mol. The van der Waals surface area contributed by atoms with Gasteiger partial charge in [-0.25, -0.2) is 24.9 Å². The van der Waals surface area contributed by atoms with Crippen LogP contribution in [0, 0.1) is 13.8 Å². The minimum atomic E-state index is 0.510. The van der Waals surface area contributed by atoms with E-state index in [2.05, 4.69) is 59.0 Å². The topological polar surface area (TPSA) is 97.3 Å². The molecule has 9 nitrogen and oxygen atoms in total. The lowest BCUT2D eigenvalue weighted by Crippen LogP contribution is -2.10. The summed E-state index contributed by atoms with van der Waals surface area (Å²) in [7, 11) is 0. The molecule has 0 bridgehead atoms. The Morgan fingerprint density at radius 2 is 1.26 bits per heavy atom. The molecule has 0 spiro atoms. The molecule has 0 amide bonds. The summed E-state index contributed by atoms with van der Waals surface area (Å²) < 4.78 is 4.07. The van der Waals surface area contributed by atoms with E-state index < -0.39 is 0 Å². The molecule has 6 rings (SSSR count). The number of hydrogen-bond donors (Lipinski definition) is 2. The summed E-state index contributed by atoms with van der Waals surface area (Å²) in [4.78, 5) is 23.2. The number of aryl methyl sites for hydroxylation is 2. The molecule has 0 aromatic carbocycles. The molecule has 0 saturated heterocycles. The fourth-order valence-electron chi connectivity index (χ4n) is 3.97. The van der Waals surface area contributed by atoms with Crippen LogP contribution in [0.1, 0.15) is 22.5 Å². The third-order valence-electron chi connectivity index (χ3n) is 5.61. The fraction of sp³-hybridized carbons (Fsp3) is 0.160. The Kier molecular flexibility index (Phi) is 4.80. The Morgan fingerprint density at radius 1 is 0.676 bits per heavy atom. The van der Waals surface area contributed by atoms with Gasteiger partial charge in [-0.05, 0) is 49.2 Å². The van der Waals surface area contributed by atoms with Gasteiger partial charge in [-0.2, -0.15) is 0 Å². The molecule has 6 heterocycles. The first-order valence-corrected chi connectivity index (χ1v) is 11.1. The molecule has 0 atom stereocenters. The van der Waals surface area contributed by atoms with Crippen LogP contribution in [0.4, 0.5) is 11.6 Å². The van der Waals surface area contributed by atoms with E-state index in [1.54, 1.807) is 6.20 Å². The first-order valence-electron chi connectivity index (χ1n) is 11.1. The fourth-order valence-corrected chi connectivity index (χ4v) is 3.97. The van der Waals surface area contributed by atoms with Crippen molar-refractivity contribution in [3.05, 3.63) is 89.9 Å². The van der Waals surface area contributed by atoms with Gasteiger partial charge in [-0.1, -0.05) is 12.1 Å². The summed E-state index contributed by atoms with van der Waals surface area (Å²) in [6, 6.07) is 11.9. The van der Waals surface area contributed by atoms with Crippen molar-refractivity contribution in [3.63, 3.8) is 0 Å². The van der Waals surface area contributed by atoms with Crippen molar-refractivity contribution in [2.24, 2.45) is 0 Å². The van der Waals surface area contributed by atoms with E-state index in [0.29, 0.717) is 30.4 Å². The van der Waals surface area contributed by atoms with Gasteiger partial charge in [0, 0.05) is 31.0 Å². The zero-order chi connectivity index (χ0) is 23.1. The molecular formula is C25H23N9. The second-order valence-corrected chi connectivity index (χ2v) is 8.38. The first kappa shape index (κ1) is 20.1. The average Bonchev–Trinajstić information content (AvgIpc) is 3.43. The molecule has 0 fully saturated rings. The Labute approximate surface area is 195 Å². The summed E-state index contributed by atoms with van der Waals surface area (Å²) in [5, 5.41) is 6.79. The molecular weight excluding hydrogens is 426 g/mol. The van der Waals surface area contributed by atoms with E-state index >= 15 is 0 Å². The van der Waals surface area contributed by atoms with Crippen LogP contribution in [0.2, 0.25) is 0 Å². The quantitative estimate of drug-likeness (QED) is 0.394. The van der Waals surface area contributed by atoms with Gasteiger partial charge in [0.15, 0.2) is 17.3 Å². The molecule has 6 aromatic heterocycles. The number of imidazole rings is 2. The van der Waals surface area contributed by atoms with Crippen molar-refractivity contribution in [1.82, 2.24) is 33.7 Å². The molecule has 6 aromatic rings. The molecule has 0 aliphatic carbocycles. The van der Waals surface area contributed by atoms with Crippen LogP contribution in [0.15, 0.2) is 67.4 Å². The van der Waals surface area contributed by atoms with Crippen LogP contribution < -0.4 is 10.6 Å². The van der Waals surface area contributed by atoms with Gasteiger partial charge in [0.2, 0.25) is 0 Å². The van der Waals surface area contributed by atoms with Crippen molar-refractivity contribution in [2.45, 2.75) is 26.9 Å². The van der Waals surface area contributed by atoms with Gasteiger partial charge in [-0.15, -0.1) is 0 Å². The number of fused-ring (bicyclic) bond motifs is 3. The molecule has 0 aliphatic heterocycles. The Bertz CT molecular complexity index is 1520. The molecule has 0 saturated carbocycles. The van der Waals surface area contributed by atoms with Crippen molar-refractivity contribution in [1.29, 1.82) is 0 Å². The van der Waals surface area contributed by atoms with Crippen molar-refractivity contribution >= 4 is 34.1 Å². The number of nitrogens with one attached hydrogen (secondary N) is 2. The molecule has 0 radical (unpaired) electrons. The molecule has 168 valence electrons. The highest BCUT2D eigenvalue weighted by molar-refractivity contribution is 5.77. The zero-order valence-corrected chi connectivity index (χ0v) is 18.9. The van der Waals surface area contributed by atoms with Gasteiger partial charge < -0.3 is 19.4 Å². The first-order chi connectivity index (χ1) is 16.6. The molecule has 34 heavy (non-hydrogen) atoms. The lowest BCUT2D eigenvalue weighted by atomic mass is 10.3. The summed E-state index contributed by atoms with van der Waals surface area (Å²) in [5.41, 5.74) is 7.34. The van der Waals surface area contributed by atoms with Gasteiger partial charge in [0.1, 0.15) is 16.8 Å². The maximum absolute atomic E-state index is 4.77. The van der Waals surface area contributed by atoms with E-state index in [1.807, 2.05) is 45.5 Å². The van der Waals surface area contributed by atoms with Gasteiger partial charge >= 0.3 is 0 Å². The SMILES string of the molecule is Cc1ccc2nc(CNc3nc4cccnc4nc3NCc3cn4cc(C)ccc4n3)cn2c1. The Balaban J connectivity index is 1.27. The summed E-state index contributed by atoms with van der Waals surface area (Å²) >= 11 is 0. The van der Waals surface area contributed by atoms with Crippen molar-refractivity contribution < 1.29 is 0 Å². The van der Waals surface area contributed by atoms with Gasteiger partial charge in [-0.3, -0.25) is 0 Å². The third kappa shape index (κ3) is 3.88. The lowest BCUT2D eigenvalue weighted by molar-refractivity contribution is 1.02. The van der Waals surface area contributed by atoms with E-state index in [4.69, 9.17) is 15.0 Å². The van der Waals surface area contributed by atoms with Crippen LogP contribution >= 0.6 is 0 Å². The Hall–Kier alpha value is -4.53. The third-order valence-corrected chi connectivity index (χ3v) is 5.61. The van der Waals surface area contributed by atoms with E-state index in [1.165, 1.54) is 11.1 Å². The number of anilines is 2. The highest BCUT2D eigenvalue weighted by Crippen LogP contribution is 2.22. The summed E-state index contributed by atoms with van der Waals surface area (Å²) in [5.74, 6) is 1.27. The van der Waals surface area contributed by atoms with Crippen molar-refractivity contribution in [2.75, 3.05) is 10.6 Å². The van der Waals surface area contributed by atoms with Gasteiger partial charge in [0.25, 0.3) is 0 Å². The van der Waals surface area contributed by atoms with E-state index in [-0.39, 0.29) is 0 Å². The highest BCUT2D eigenvalue weighted by atomic mass is 15.1. The normalized spacial score (nSPS) is 11.5. The second-order valence-electron chi connectivity index (χ2n) is 8.38. The number of rotatable bonds is 6. The van der Waals surface area contributed by atoms with Crippen molar-refractivity contribution in [3.8, 4) is 0 Å². The number of nitrogens with zero attached hydrogens (tertiary/aromatic N) is 7. The van der Waals surface area contributed by atoms with E-state index in [9.17, 15) is 0 Å². The van der Waals surface area contributed by atoms with Crippen LogP contribution in [0.25, 0.3) is 22.5 Å². The van der Waals surface area contributed by atoms with Crippen LogP contribution in [-0.4, -0.2) is 33.7 Å². The molecule has 0 aliphatic rings. The van der Waals surface area contributed by atoms with Gasteiger partial charge in [0.05, 0.1) is 24.5 Å². The highest BCUT2D eigenvalue weighted by Gasteiger charge is 2.12.